The molecule has 2 nitrogen and oxygen atoms in total. The SMILES string of the molecule is CC(C)(CC(=O)Nc1ccc(F)cc1)Sc1ccc(Cl)cc1. The first-order valence-corrected chi connectivity index (χ1v) is 8.03. The lowest BCUT2D eigenvalue weighted by Crippen LogP contribution is -2.24. The molecule has 22 heavy (non-hydrogen) atoms. The van der Waals surface area contributed by atoms with Gasteiger partial charge in [-0.2, -0.15) is 0 Å². The predicted molar refractivity (Wildman–Crippen MR) is 91.0 cm³/mol. The lowest BCUT2D eigenvalue weighted by molar-refractivity contribution is -0.116. The molecule has 0 unspecified atom stereocenters. The highest BCUT2D eigenvalue weighted by molar-refractivity contribution is 8.00. The highest BCUT2D eigenvalue weighted by Gasteiger charge is 2.23. The second kappa shape index (κ2) is 7.16. The molecule has 0 radical (unpaired) electrons. The summed E-state index contributed by atoms with van der Waals surface area (Å²) in [4.78, 5) is 13.2. The first-order valence-electron chi connectivity index (χ1n) is 6.84. The minimum Gasteiger partial charge on any atom is -0.326 e. The molecule has 0 aliphatic carbocycles. The number of halogens is 2. The molecule has 2 rings (SSSR count). The third-order valence-corrected chi connectivity index (χ3v) is 4.38. The lowest BCUT2D eigenvalue weighted by atomic mass is 10.1. The number of nitrogens with one attached hydrogen (secondary N) is 1. The Kier molecular flexibility index (Phi) is 5.48. The van der Waals surface area contributed by atoms with Crippen molar-refractivity contribution in [2.24, 2.45) is 0 Å². The first kappa shape index (κ1) is 16.8. The van der Waals surface area contributed by atoms with Crippen molar-refractivity contribution in [3.8, 4) is 0 Å². The van der Waals surface area contributed by atoms with Crippen molar-refractivity contribution >= 4 is 35.0 Å². The zero-order valence-electron chi connectivity index (χ0n) is 12.4. The maximum Gasteiger partial charge on any atom is 0.225 e. The molecule has 0 spiro atoms. The second-order valence-corrected chi connectivity index (χ2v) is 7.76. The molecule has 0 aliphatic rings. The van der Waals surface area contributed by atoms with Crippen LogP contribution in [-0.4, -0.2) is 10.7 Å². The molecule has 116 valence electrons. The Labute approximate surface area is 139 Å². The van der Waals surface area contributed by atoms with Crippen LogP contribution in [0, 0.1) is 5.82 Å². The number of hydrogen-bond acceptors (Lipinski definition) is 2. The normalized spacial score (nSPS) is 11.3. The van der Waals surface area contributed by atoms with Gasteiger partial charge in [0.25, 0.3) is 0 Å². The number of amides is 1. The van der Waals surface area contributed by atoms with E-state index in [4.69, 9.17) is 11.6 Å². The van der Waals surface area contributed by atoms with Crippen molar-refractivity contribution in [1.29, 1.82) is 0 Å². The van der Waals surface area contributed by atoms with Gasteiger partial charge in [-0.1, -0.05) is 11.6 Å². The van der Waals surface area contributed by atoms with Crippen LogP contribution in [0.25, 0.3) is 0 Å². The summed E-state index contributed by atoms with van der Waals surface area (Å²) in [5, 5.41) is 3.47. The largest absolute Gasteiger partial charge is 0.326 e. The van der Waals surface area contributed by atoms with Crippen LogP contribution in [0.3, 0.4) is 0 Å². The fourth-order valence-corrected chi connectivity index (χ4v) is 3.22. The topological polar surface area (TPSA) is 29.1 Å². The molecule has 0 aliphatic heterocycles. The molecule has 0 aromatic heterocycles. The van der Waals surface area contributed by atoms with Crippen LogP contribution >= 0.6 is 23.4 Å². The summed E-state index contributed by atoms with van der Waals surface area (Å²) in [6.07, 6.45) is 0.345. The monoisotopic (exact) mass is 337 g/mol. The fourth-order valence-electron chi connectivity index (χ4n) is 1.98. The molecule has 0 saturated carbocycles. The first-order chi connectivity index (χ1) is 10.3. The van der Waals surface area contributed by atoms with Crippen LogP contribution in [0.2, 0.25) is 5.02 Å². The number of thioether (sulfide) groups is 1. The van der Waals surface area contributed by atoms with Crippen LogP contribution in [0.5, 0.6) is 0 Å². The number of carbonyl (C=O) groups excluding carboxylic acids is 1. The van der Waals surface area contributed by atoms with E-state index in [1.54, 1.807) is 23.9 Å². The summed E-state index contributed by atoms with van der Waals surface area (Å²) < 4.78 is 12.6. The maximum absolute atomic E-state index is 12.8. The van der Waals surface area contributed by atoms with E-state index in [0.29, 0.717) is 17.1 Å². The van der Waals surface area contributed by atoms with Crippen molar-refractivity contribution < 1.29 is 9.18 Å². The van der Waals surface area contributed by atoms with Gasteiger partial charge in [0.05, 0.1) is 0 Å². The van der Waals surface area contributed by atoms with Gasteiger partial charge in [0.15, 0.2) is 0 Å². The Morgan fingerprint density at radius 3 is 2.32 bits per heavy atom. The zero-order valence-corrected chi connectivity index (χ0v) is 14.0. The number of rotatable bonds is 5. The number of hydrogen-bond donors (Lipinski definition) is 1. The molecule has 0 bridgehead atoms. The second-order valence-electron chi connectivity index (χ2n) is 5.55. The maximum atomic E-state index is 12.8. The average molecular weight is 338 g/mol. The van der Waals surface area contributed by atoms with Gasteiger partial charge in [0, 0.05) is 26.8 Å². The number of anilines is 1. The summed E-state index contributed by atoms with van der Waals surface area (Å²) >= 11 is 7.49. The van der Waals surface area contributed by atoms with E-state index in [0.717, 1.165) is 4.90 Å². The summed E-state index contributed by atoms with van der Waals surface area (Å²) in [6.45, 7) is 4.02. The van der Waals surface area contributed by atoms with Crippen molar-refractivity contribution in [2.75, 3.05) is 5.32 Å². The summed E-state index contributed by atoms with van der Waals surface area (Å²) in [7, 11) is 0. The van der Waals surface area contributed by atoms with Crippen molar-refractivity contribution in [3.63, 3.8) is 0 Å². The predicted octanol–water partition coefficient (Wildman–Crippen LogP) is 5.38. The molecular weight excluding hydrogens is 321 g/mol. The highest BCUT2D eigenvalue weighted by Crippen LogP contribution is 2.35. The Morgan fingerprint density at radius 2 is 1.73 bits per heavy atom. The van der Waals surface area contributed by atoms with Gasteiger partial charge in [0.2, 0.25) is 5.91 Å². The van der Waals surface area contributed by atoms with E-state index in [9.17, 15) is 9.18 Å². The summed E-state index contributed by atoms with van der Waals surface area (Å²) in [6, 6.07) is 13.3. The molecule has 1 N–H and O–H groups in total. The van der Waals surface area contributed by atoms with Gasteiger partial charge in [0.1, 0.15) is 5.82 Å². The van der Waals surface area contributed by atoms with E-state index >= 15 is 0 Å². The number of benzene rings is 2. The molecule has 0 fully saturated rings. The average Bonchev–Trinajstić information content (AvgIpc) is 2.43. The Balaban J connectivity index is 1.94. The van der Waals surface area contributed by atoms with Crippen LogP contribution in [-0.2, 0) is 4.79 Å². The van der Waals surface area contributed by atoms with E-state index in [1.807, 2.05) is 38.1 Å². The zero-order chi connectivity index (χ0) is 16.2. The van der Waals surface area contributed by atoms with Crippen LogP contribution in [0.15, 0.2) is 53.4 Å². The molecule has 2 aromatic rings. The Hall–Kier alpha value is -1.52. The fraction of sp³-hybridized carbons (Fsp3) is 0.235. The standard InChI is InChI=1S/C17H17ClFNOS/c1-17(2,22-15-9-3-12(18)4-10-15)11-16(21)20-14-7-5-13(19)6-8-14/h3-10H,11H2,1-2H3,(H,20,21). The van der Waals surface area contributed by atoms with Crippen LogP contribution in [0.4, 0.5) is 10.1 Å². The van der Waals surface area contributed by atoms with Gasteiger partial charge >= 0.3 is 0 Å². The van der Waals surface area contributed by atoms with Gasteiger partial charge in [-0.15, -0.1) is 11.8 Å². The summed E-state index contributed by atoms with van der Waals surface area (Å²) in [5.74, 6) is -0.422. The molecule has 0 atom stereocenters. The molecule has 0 heterocycles. The van der Waals surface area contributed by atoms with Crippen molar-refractivity contribution in [3.05, 3.63) is 59.4 Å². The van der Waals surface area contributed by atoms with Gasteiger partial charge in [-0.3, -0.25) is 4.79 Å². The van der Waals surface area contributed by atoms with Gasteiger partial charge in [-0.05, 0) is 62.4 Å². The van der Waals surface area contributed by atoms with Gasteiger partial charge in [-0.25, -0.2) is 4.39 Å². The Morgan fingerprint density at radius 1 is 1.14 bits per heavy atom. The van der Waals surface area contributed by atoms with Gasteiger partial charge < -0.3 is 5.32 Å². The van der Waals surface area contributed by atoms with Crippen molar-refractivity contribution in [1.82, 2.24) is 0 Å². The third-order valence-electron chi connectivity index (χ3n) is 2.92. The van der Waals surface area contributed by atoms with Crippen LogP contribution < -0.4 is 5.32 Å². The van der Waals surface area contributed by atoms with E-state index in [1.165, 1.54) is 12.1 Å². The molecule has 0 saturated heterocycles. The van der Waals surface area contributed by atoms with E-state index < -0.39 is 0 Å². The Bertz CT molecular complexity index is 641. The van der Waals surface area contributed by atoms with E-state index in [2.05, 4.69) is 5.32 Å². The summed E-state index contributed by atoms with van der Waals surface area (Å²) in [5.41, 5.74) is 0.596. The molecular formula is C17H17ClFNOS. The smallest absolute Gasteiger partial charge is 0.225 e. The molecule has 1 amide bonds. The van der Waals surface area contributed by atoms with Crippen molar-refractivity contribution in [2.45, 2.75) is 29.9 Å². The highest BCUT2D eigenvalue weighted by atomic mass is 35.5. The molecule has 5 heteroatoms. The lowest BCUT2D eigenvalue weighted by Gasteiger charge is -2.23. The quantitative estimate of drug-likeness (QED) is 0.742. The number of carbonyl (C=O) groups is 1. The minimum atomic E-state index is -0.323. The third kappa shape index (κ3) is 5.35. The van der Waals surface area contributed by atoms with Crippen LogP contribution in [0.1, 0.15) is 20.3 Å². The molecule has 2 aromatic carbocycles. The minimum absolute atomic E-state index is 0.0990. The van der Waals surface area contributed by atoms with E-state index in [-0.39, 0.29) is 16.5 Å².